The van der Waals surface area contributed by atoms with E-state index in [0.29, 0.717) is 10.2 Å². The zero-order chi connectivity index (χ0) is 10.1. The smallest absolute Gasteiger partial charge is 0.332 e. The van der Waals surface area contributed by atoms with Crippen molar-refractivity contribution in [3.05, 3.63) is 22.7 Å². The van der Waals surface area contributed by atoms with E-state index in [9.17, 15) is 12.3 Å². The fourth-order valence-electron chi connectivity index (χ4n) is 0.799. The van der Waals surface area contributed by atoms with E-state index in [1.54, 1.807) is 0 Å². The third kappa shape index (κ3) is 2.41. The van der Waals surface area contributed by atoms with E-state index in [1.165, 1.54) is 13.2 Å². The van der Waals surface area contributed by atoms with Gasteiger partial charge in [-0.3, -0.25) is 0 Å². The Morgan fingerprint density at radius 1 is 1.46 bits per heavy atom. The van der Waals surface area contributed by atoms with Crippen molar-refractivity contribution in [2.75, 3.05) is 7.11 Å². The summed E-state index contributed by atoms with van der Waals surface area (Å²) in [4.78, 5) is -0.389. The lowest BCUT2D eigenvalue weighted by Crippen LogP contribution is -1.92. The molecule has 0 aliphatic rings. The van der Waals surface area contributed by atoms with Gasteiger partial charge in [0.1, 0.15) is 5.75 Å². The Hall–Kier alpha value is -0.620. The van der Waals surface area contributed by atoms with Crippen molar-refractivity contribution in [1.82, 2.24) is 0 Å². The largest absolute Gasteiger partial charge is 0.496 e. The molecule has 6 heteroatoms. The molecular weight excluding hydrogens is 263 g/mol. The predicted octanol–water partition coefficient (Wildman–Crippen LogP) is 2.12. The molecule has 0 atom stereocenters. The van der Waals surface area contributed by atoms with Gasteiger partial charge < -0.3 is 4.74 Å². The zero-order valence-electron chi connectivity index (χ0n) is 6.62. The molecule has 1 aromatic rings. The van der Waals surface area contributed by atoms with Gasteiger partial charge in [-0.25, -0.2) is 0 Å². The molecule has 0 bridgehead atoms. The van der Waals surface area contributed by atoms with Crippen molar-refractivity contribution >= 4 is 26.2 Å². The molecule has 0 unspecified atom stereocenters. The maximum atomic E-state index is 12.4. The Labute approximate surface area is 83.9 Å². The lowest BCUT2D eigenvalue weighted by molar-refractivity contribution is 0.411. The quantitative estimate of drug-likeness (QED) is 0.772. The van der Waals surface area contributed by atoms with Crippen LogP contribution in [0.15, 0.2) is 27.6 Å². The molecule has 3 nitrogen and oxygen atoms in total. The van der Waals surface area contributed by atoms with E-state index in [4.69, 9.17) is 4.74 Å². The molecule has 0 saturated carbocycles. The van der Waals surface area contributed by atoms with E-state index in [2.05, 4.69) is 15.9 Å². The van der Waals surface area contributed by atoms with Gasteiger partial charge in [-0.2, -0.15) is 8.42 Å². The van der Waals surface area contributed by atoms with Gasteiger partial charge >= 0.3 is 10.2 Å². The highest BCUT2D eigenvalue weighted by Crippen LogP contribution is 2.27. The van der Waals surface area contributed by atoms with Gasteiger partial charge in [-0.15, -0.1) is 3.89 Å². The first-order chi connectivity index (χ1) is 5.95. The topological polar surface area (TPSA) is 43.4 Å². The van der Waals surface area contributed by atoms with Crippen LogP contribution in [0.5, 0.6) is 5.75 Å². The van der Waals surface area contributed by atoms with E-state index < -0.39 is 10.2 Å². The molecule has 72 valence electrons. The average molecular weight is 269 g/mol. The molecule has 0 N–H and O–H groups in total. The Morgan fingerprint density at radius 2 is 2.08 bits per heavy atom. The molecule has 0 amide bonds. The zero-order valence-corrected chi connectivity index (χ0v) is 9.02. The summed E-state index contributed by atoms with van der Waals surface area (Å²) in [5.74, 6) is 0.451. The highest BCUT2D eigenvalue weighted by Gasteiger charge is 2.13. The first kappa shape index (κ1) is 10.5. The van der Waals surface area contributed by atoms with Crippen molar-refractivity contribution in [3.63, 3.8) is 0 Å². The molecule has 0 spiro atoms. The lowest BCUT2D eigenvalue weighted by atomic mass is 10.3. The maximum Gasteiger partial charge on any atom is 0.332 e. The van der Waals surface area contributed by atoms with Crippen LogP contribution in [0, 0.1) is 0 Å². The molecule has 0 aromatic heterocycles. The molecule has 0 saturated heterocycles. The number of ether oxygens (including phenoxy) is 1. The maximum absolute atomic E-state index is 12.4. The van der Waals surface area contributed by atoms with Gasteiger partial charge in [0.05, 0.1) is 16.5 Å². The van der Waals surface area contributed by atoms with Gasteiger partial charge in [0.25, 0.3) is 0 Å². The van der Waals surface area contributed by atoms with E-state index >= 15 is 0 Å². The summed E-state index contributed by atoms with van der Waals surface area (Å²) in [6.07, 6.45) is 0. The highest BCUT2D eigenvalue weighted by atomic mass is 79.9. The fourth-order valence-corrected chi connectivity index (χ4v) is 1.98. The lowest BCUT2D eigenvalue weighted by Gasteiger charge is -2.02. The van der Waals surface area contributed by atoms with Crippen LogP contribution in [0.1, 0.15) is 0 Å². The first-order valence-electron chi connectivity index (χ1n) is 3.23. The second-order valence-corrected chi connectivity index (χ2v) is 4.44. The Balaban J connectivity index is 3.26. The Bertz CT molecular complexity index is 416. The van der Waals surface area contributed by atoms with Crippen molar-refractivity contribution in [2.24, 2.45) is 0 Å². The molecule has 1 rings (SSSR count). The minimum atomic E-state index is -4.64. The monoisotopic (exact) mass is 268 g/mol. The summed E-state index contributed by atoms with van der Waals surface area (Å²) in [5, 5.41) is 0. The van der Waals surface area contributed by atoms with Gasteiger partial charge in [0.2, 0.25) is 0 Å². The van der Waals surface area contributed by atoms with E-state index in [0.717, 1.165) is 12.1 Å². The molecular formula is C7H6BrFO3S. The number of rotatable bonds is 2. The SMILES string of the molecule is COc1ccc(S(=O)(=O)F)cc1Br. The van der Waals surface area contributed by atoms with Crippen LogP contribution in [0.4, 0.5) is 3.89 Å². The highest BCUT2D eigenvalue weighted by molar-refractivity contribution is 9.10. The summed E-state index contributed by atoms with van der Waals surface area (Å²) in [6, 6.07) is 3.66. The summed E-state index contributed by atoms with van der Waals surface area (Å²) in [7, 11) is -3.20. The number of hydrogen-bond acceptors (Lipinski definition) is 3. The standard InChI is InChI=1S/C7H6BrFO3S/c1-12-7-3-2-5(4-6(7)8)13(9,10)11/h2-4H,1H3. The number of methoxy groups -OCH3 is 1. The van der Waals surface area contributed by atoms with Crippen LogP contribution in [0.25, 0.3) is 0 Å². The van der Waals surface area contributed by atoms with Crippen LogP contribution in [-0.2, 0) is 10.2 Å². The predicted molar refractivity (Wildman–Crippen MR) is 49.0 cm³/mol. The summed E-state index contributed by atoms with van der Waals surface area (Å²) in [6.45, 7) is 0. The number of hydrogen-bond donors (Lipinski definition) is 0. The minimum Gasteiger partial charge on any atom is -0.496 e. The van der Waals surface area contributed by atoms with Gasteiger partial charge in [0, 0.05) is 0 Å². The van der Waals surface area contributed by atoms with Crippen molar-refractivity contribution in [1.29, 1.82) is 0 Å². The summed E-state index contributed by atoms with van der Waals surface area (Å²) in [5.41, 5.74) is 0. The van der Waals surface area contributed by atoms with Crippen LogP contribution >= 0.6 is 15.9 Å². The van der Waals surface area contributed by atoms with E-state index in [1.807, 2.05) is 0 Å². The third-order valence-electron chi connectivity index (χ3n) is 1.40. The summed E-state index contributed by atoms with van der Waals surface area (Å²) < 4.78 is 38.6. The van der Waals surface area contributed by atoms with E-state index in [-0.39, 0.29) is 4.90 Å². The van der Waals surface area contributed by atoms with Crippen molar-refractivity contribution < 1.29 is 17.0 Å². The average Bonchev–Trinajstić information content (AvgIpc) is 2.02. The molecule has 13 heavy (non-hydrogen) atoms. The molecule has 0 heterocycles. The Morgan fingerprint density at radius 3 is 2.46 bits per heavy atom. The third-order valence-corrected chi connectivity index (χ3v) is 2.84. The fraction of sp³-hybridized carbons (Fsp3) is 0.143. The normalized spacial score (nSPS) is 11.3. The molecule has 1 aromatic carbocycles. The van der Waals surface area contributed by atoms with Crippen LogP contribution in [-0.4, -0.2) is 15.5 Å². The second kappa shape index (κ2) is 3.63. The first-order valence-corrected chi connectivity index (χ1v) is 5.41. The van der Waals surface area contributed by atoms with Gasteiger partial charge in [-0.1, -0.05) is 0 Å². The van der Waals surface area contributed by atoms with Crippen molar-refractivity contribution in [2.45, 2.75) is 4.90 Å². The van der Waals surface area contributed by atoms with Crippen LogP contribution < -0.4 is 4.74 Å². The van der Waals surface area contributed by atoms with Crippen LogP contribution in [0.3, 0.4) is 0 Å². The number of halogens is 2. The van der Waals surface area contributed by atoms with Crippen LogP contribution in [0.2, 0.25) is 0 Å². The molecule has 0 fully saturated rings. The second-order valence-electron chi connectivity index (χ2n) is 2.23. The number of benzene rings is 1. The van der Waals surface area contributed by atoms with Gasteiger partial charge in [-0.05, 0) is 34.1 Å². The molecule has 0 radical (unpaired) electrons. The summed E-state index contributed by atoms with van der Waals surface area (Å²) >= 11 is 3.04. The molecule has 0 aliphatic heterocycles. The van der Waals surface area contributed by atoms with Crippen molar-refractivity contribution in [3.8, 4) is 5.75 Å². The molecule has 0 aliphatic carbocycles. The minimum absolute atomic E-state index is 0.389. The van der Waals surface area contributed by atoms with Gasteiger partial charge in [0.15, 0.2) is 0 Å². The Kier molecular flexibility index (Phi) is 2.92.